The van der Waals surface area contributed by atoms with E-state index in [1.54, 1.807) is 0 Å². The lowest BCUT2D eigenvalue weighted by Gasteiger charge is -2.26. The molecule has 0 saturated carbocycles. The van der Waals surface area contributed by atoms with Crippen molar-refractivity contribution in [2.24, 2.45) is 0 Å². The fourth-order valence-electron chi connectivity index (χ4n) is 11.8. The molecule has 0 aliphatic carbocycles. The second kappa shape index (κ2) is 23.6. The van der Waals surface area contributed by atoms with Crippen LogP contribution in [-0.4, -0.2) is 9.13 Å². The summed E-state index contributed by atoms with van der Waals surface area (Å²) in [6.07, 6.45) is 0. The zero-order valence-corrected chi connectivity index (χ0v) is 48.1. The van der Waals surface area contributed by atoms with Gasteiger partial charge in [0.15, 0.2) is 0 Å². The van der Waals surface area contributed by atoms with Crippen LogP contribution < -0.4 is 10.2 Å². The molecule has 1 N–H and O–H groups in total. The van der Waals surface area contributed by atoms with E-state index in [9.17, 15) is 0 Å². The summed E-state index contributed by atoms with van der Waals surface area (Å²) in [7, 11) is 0. The first-order chi connectivity index (χ1) is 42.1. The Hall–Kier alpha value is -10.7. The maximum atomic E-state index is 3.58. The highest BCUT2D eigenvalue weighted by molar-refractivity contribution is 9.10. The highest BCUT2D eigenvalue weighted by Crippen LogP contribution is 2.41. The maximum Gasteiger partial charge on any atom is 0.0561 e. The van der Waals surface area contributed by atoms with E-state index in [1.807, 2.05) is 24.3 Å². The number of fused-ring (bicyclic) bond motifs is 8. The topological polar surface area (TPSA) is 25.1 Å². The molecule has 5 heteroatoms. The average molecular weight is 1150 g/mol. The van der Waals surface area contributed by atoms with E-state index in [0.717, 1.165) is 38.6 Å². The molecule has 0 radical (unpaired) electrons. The SMILES string of the molecule is Brc1ccc2c3ccccc3n(-c3ccccc3)c2c1.c1ccc(N(c2ccc(-c3ccc4ccccc4c3)cc2)c2ccc3c4ccccc4n(-c4ccccc4)c3c2)cc1.c1ccc(Nc2ccc(-c3ccc4ccccc4c3)cc2)cc1. The smallest absolute Gasteiger partial charge is 0.0561 e. The molecule has 0 unspecified atom stereocenters. The van der Waals surface area contributed by atoms with Gasteiger partial charge in [0.2, 0.25) is 0 Å². The molecule has 0 atom stereocenters. The van der Waals surface area contributed by atoms with Crippen molar-refractivity contribution in [2.75, 3.05) is 10.2 Å². The van der Waals surface area contributed by atoms with Gasteiger partial charge in [0.05, 0.1) is 22.1 Å². The summed E-state index contributed by atoms with van der Waals surface area (Å²) in [5.41, 5.74) is 17.7. The Morgan fingerprint density at radius 3 is 1.16 bits per heavy atom. The molecule has 16 aromatic rings. The summed E-state index contributed by atoms with van der Waals surface area (Å²) in [5.74, 6) is 0. The lowest BCUT2D eigenvalue weighted by Crippen LogP contribution is -2.10. The lowest BCUT2D eigenvalue weighted by molar-refractivity contribution is 1.18. The van der Waals surface area contributed by atoms with Gasteiger partial charge >= 0.3 is 0 Å². The molecule has 0 amide bonds. The third-order valence-electron chi connectivity index (χ3n) is 15.8. The molecule has 404 valence electrons. The first-order valence-corrected chi connectivity index (χ1v) is 29.5. The average Bonchev–Trinajstić information content (AvgIpc) is 2.61. The Bertz CT molecular complexity index is 4960. The number of para-hydroxylation sites is 6. The lowest BCUT2D eigenvalue weighted by atomic mass is 10.0. The van der Waals surface area contributed by atoms with Crippen LogP contribution in [0.1, 0.15) is 0 Å². The molecule has 4 nitrogen and oxygen atoms in total. The molecule has 0 aliphatic rings. The Balaban J connectivity index is 0.000000125. The van der Waals surface area contributed by atoms with E-state index in [1.165, 1.54) is 93.1 Å². The van der Waals surface area contributed by atoms with Crippen molar-refractivity contribution in [1.29, 1.82) is 0 Å². The molecule has 0 fully saturated rings. The minimum atomic E-state index is 1.10. The number of benzene rings is 14. The first kappa shape index (κ1) is 52.4. The number of hydrogen-bond donors (Lipinski definition) is 1. The van der Waals surface area contributed by atoms with Gasteiger partial charge in [-0.15, -0.1) is 0 Å². The van der Waals surface area contributed by atoms with E-state index >= 15 is 0 Å². The maximum absolute atomic E-state index is 3.58. The largest absolute Gasteiger partial charge is 0.356 e. The van der Waals surface area contributed by atoms with Crippen molar-refractivity contribution >= 4 is 110 Å². The van der Waals surface area contributed by atoms with Crippen LogP contribution in [0.2, 0.25) is 0 Å². The van der Waals surface area contributed by atoms with Crippen LogP contribution in [0.25, 0.3) is 98.8 Å². The predicted molar refractivity (Wildman–Crippen MR) is 366 cm³/mol. The number of nitrogens with one attached hydrogen (secondary N) is 1. The monoisotopic (exact) mass is 1150 g/mol. The van der Waals surface area contributed by atoms with Crippen molar-refractivity contribution in [1.82, 2.24) is 9.13 Å². The zero-order valence-electron chi connectivity index (χ0n) is 46.6. The van der Waals surface area contributed by atoms with E-state index in [4.69, 9.17) is 0 Å². The van der Waals surface area contributed by atoms with Crippen LogP contribution in [-0.2, 0) is 0 Å². The van der Waals surface area contributed by atoms with Crippen molar-refractivity contribution in [3.05, 3.63) is 344 Å². The molecule has 85 heavy (non-hydrogen) atoms. The molecule has 2 heterocycles. The predicted octanol–water partition coefficient (Wildman–Crippen LogP) is 22.9. The fourth-order valence-corrected chi connectivity index (χ4v) is 12.1. The molecule has 0 bridgehead atoms. The number of halogens is 1. The van der Waals surface area contributed by atoms with Gasteiger partial charge in [-0.25, -0.2) is 0 Å². The second-order valence-electron chi connectivity index (χ2n) is 21.1. The molecule has 16 rings (SSSR count). The van der Waals surface area contributed by atoms with Crippen molar-refractivity contribution < 1.29 is 0 Å². The van der Waals surface area contributed by atoms with Gasteiger partial charge in [-0.2, -0.15) is 0 Å². The van der Waals surface area contributed by atoms with E-state index < -0.39 is 0 Å². The van der Waals surface area contributed by atoms with Gasteiger partial charge in [-0.1, -0.05) is 234 Å². The normalized spacial score (nSPS) is 11.1. The van der Waals surface area contributed by atoms with Crippen molar-refractivity contribution in [3.63, 3.8) is 0 Å². The molecular formula is C80H57BrN4. The Labute approximate surface area is 503 Å². The molecule has 0 saturated heterocycles. The first-order valence-electron chi connectivity index (χ1n) is 28.7. The second-order valence-corrected chi connectivity index (χ2v) is 22.1. The summed E-state index contributed by atoms with van der Waals surface area (Å²) >= 11 is 3.58. The third kappa shape index (κ3) is 10.8. The van der Waals surface area contributed by atoms with Gasteiger partial charge < -0.3 is 19.4 Å². The number of rotatable bonds is 9. The summed E-state index contributed by atoms with van der Waals surface area (Å²) < 4.78 is 5.79. The minimum Gasteiger partial charge on any atom is -0.356 e. The van der Waals surface area contributed by atoms with Crippen LogP contribution >= 0.6 is 15.9 Å². The highest BCUT2D eigenvalue weighted by atomic mass is 79.9. The summed E-state index contributed by atoms with van der Waals surface area (Å²) in [6, 6.07) is 120. The van der Waals surface area contributed by atoms with Gasteiger partial charge in [-0.05, 0) is 165 Å². The summed E-state index contributed by atoms with van der Waals surface area (Å²) in [4.78, 5) is 2.34. The quantitative estimate of drug-likeness (QED) is 0.156. The summed E-state index contributed by atoms with van der Waals surface area (Å²) in [6.45, 7) is 0. The number of hydrogen-bond acceptors (Lipinski definition) is 2. The Morgan fingerprint density at radius 1 is 0.247 bits per heavy atom. The number of anilines is 5. The van der Waals surface area contributed by atoms with Crippen LogP contribution in [0.4, 0.5) is 28.4 Å². The van der Waals surface area contributed by atoms with E-state index in [-0.39, 0.29) is 0 Å². The fraction of sp³-hybridized carbons (Fsp3) is 0. The van der Waals surface area contributed by atoms with Gasteiger partial charge in [0.1, 0.15) is 0 Å². The zero-order chi connectivity index (χ0) is 56.9. The number of nitrogens with zero attached hydrogens (tertiary/aromatic N) is 3. The van der Waals surface area contributed by atoms with Gasteiger partial charge in [0.25, 0.3) is 0 Å². The minimum absolute atomic E-state index is 1.10. The van der Waals surface area contributed by atoms with E-state index in [0.29, 0.717) is 0 Å². The highest BCUT2D eigenvalue weighted by Gasteiger charge is 2.18. The van der Waals surface area contributed by atoms with Crippen molar-refractivity contribution in [3.8, 4) is 33.6 Å². The molecule has 14 aromatic carbocycles. The van der Waals surface area contributed by atoms with Gasteiger partial charge in [-0.3, -0.25) is 0 Å². The Kier molecular flexibility index (Phi) is 14.6. The Morgan fingerprint density at radius 2 is 0.624 bits per heavy atom. The van der Waals surface area contributed by atoms with Gasteiger partial charge in [0, 0.05) is 65.8 Å². The molecule has 2 aromatic heterocycles. The number of aromatic nitrogens is 2. The van der Waals surface area contributed by atoms with Crippen molar-refractivity contribution in [2.45, 2.75) is 0 Å². The van der Waals surface area contributed by atoms with Crippen LogP contribution in [0.5, 0.6) is 0 Å². The van der Waals surface area contributed by atoms with Crippen LogP contribution in [0.3, 0.4) is 0 Å². The molecule has 0 aliphatic heterocycles. The third-order valence-corrected chi connectivity index (χ3v) is 16.3. The van der Waals surface area contributed by atoms with Crippen LogP contribution in [0.15, 0.2) is 344 Å². The van der Waals surface area contributed by atoms with Crippen LogP contribution in [0, 0.1) is 0 Å². The molecular weight excluding hydrogens is 1100 g/mol. The molecule has 0 spiro atoms. The summed E-state index contributed by atoms with van der Waals surface area (Å²) in [5, 5.41) is 13.6. The van der Waals surface area contributed by atoms with E-state index in [2.05, 4.69) is 351 Å². The standard InChI is InChI=1S/C40H28N2.C22H17N.C18H12BrN/c1-3-13-33(14-4-1)41(35-23-21-30(22-24-35)32-20-19-29-11-7-8-12-31(29)27-32)36-25-26-38-37-17-9-10-18-39(37)42(40(38)28-36)34-15-5-2-6-16-34;1-2-8-21(9-3-1)23-22-14-12-18(13-15-22)20-11-10-17-6-4-5-7-19(17)16-20;19-13-10-11-16-15-8-4-5-9-17(15)20(18(16)12-13)14-6-2-1-3-7-14/h1-28H;1-16,23H;1-12H.